The lowest BCUT2D eigenvalue weighted by Gasteiger charge is -2.37. The van der Waals surface area contributed by atoms with Gasteiger partial charge < -0.3 is 10.6 Å². The molecule has 13 heavy (non-hydrogen) atoms. The highest BCUT2D eigenvalue weighted by Crippen LogP contribution is 2.40. The predicted octanol–water partition coefficient (Wildman–Crippen LogP) is 1.42. The predicted molar refractivity (Wildman–Crippen MR) is 47.4 cm³/mol. The van der Waals surface area contributed by atoms with Gasteiger partial charge in [0.25, 0.3) is 0 Å². The van der Waals surface area contributed by atoms with Gasteiger partial charge in [-0.05, 0) is 25.1 Å². The van der Waals surface area contributed by atoms with Crippen LogP contribution in [0.3, 0.4) is 0 Å². The van der Waals surface area contributed by atoms with Crippen LogP contribution in [0.1, 0.15) is 12.8 Å². The third-order valence-corrected chi connectivity index (χ3v) is 2.49. The smallest absolute Gasteiger partial charge is 0.366 e. The minimum Gasteiger partial charge on any atom is -0.366 e. The van der Waals surface area contributed by atoms with E-state index in [0.717, 1.165) is 0 Å². The van der Waals surface area contributed by atoms with E-state index in [2.05, 4.69) is 10.6 Å². The number of hydrogen-bond donors (Lipinski definition) is 2. The van der Waals surface area contributed by atoms with E-state index in [1.54, 1.807) is 7.05 Å². The van der Waals surface area contributed by atoms with E-state index in [4.69, 9.17) is 12.2 Å². The van der Waals surface area contributed by atoms with Gasteiger partial charge in [0.05, 0.1) is 5.92 Å². The summed E-state index contributed by atoms with van der Waals surface area (Å²) in [5, 5.41) is 5.85. The molecule has 1 aliphatic carbocycles. The van der Waals surface area contributed by atoms with E-state index in [-0.39, 0.29) is 18.9 Å². The molecule has 0 aromatic heterocycles. The van der Waals surface area contributed by atoms with Crippen molar-refractivity contribution in [1.82, 2.24) is 10.6 Å². The molecule has 0 saturated heterocycles. The van der Waals surface area contributed by atoms with Gasteiger partial charge in [-0.15, -0.1) is 0 Å². The summed E-state index contributed by atoms with van der Waals surface area (Å²) in [5.74, 6) is -1.15. The number of rotatable bonds is 1. The molecule has 0 aromatic rings. The second-order valence-corrected chi connectivity index (χ2v) is 3.54. The second kappa shape index (κ2) is 3.69. The van der Waals surface area contributed by atoms with Gasteiger partial charge in [0.15, 0.2) is 5.11 Å². The molecule has 0 radical (unpaired) electrons. The molecule has 0 unspecified atom stereocenters. The molecule has 0 amide bonds. The first-order valence-electron chi connectivity index (χ1n) is 3.98. The number of alkyl halides is 3. The summed E-state index contributed by atoms with van der Waals surface area (Å²) in [5.41, 5.74) is 0. The molecule has 1 fully saturated rings. The van der Waals surface area contributed by atoms with Crippen LogP contribution < -0.4 is 10.6 Å². The summed E-state index contributed by atoms with van der Waals surface area (Å²) in [6, 6.07) is -0.119. The van der Waals surface area contributed by atoms with Crippen molar-refractivity contribution in [3.63, 3.8) is 0 Å². The molecule has 0 spiro atoms. The van der Waals surface area contributed by atoms with Crippen LogP contribution in [0.25, 0.3) is 0 Å². The Kier molecular flexibility index (Phi) is 3.00. The fraction of sp³-hybridized carbons (Fsp3) is 0.857. The zero-order valence-electron chi connectivity index (χ0n) is 7.11. The molecule has 2 nitrogen and oxygen atoms in total. The van der Waals surface area contributed by atoms with E-state index in [9.17, 15) is 13.2 Å². The third-order valence-electron chi connectivity index (χ3n) is 2.16. The van der Waals surface area contributed by atoms with Gasteiger partial charge in [-0.2, -0.15) is 13.2 Å². The molecular weight excluding hydrogens is 201 g/mol. The monoisotopic (exact) mass is 212 g/mol. The molecule has 1 saturated carbocycles. The van der Waals surface area contributed by atoms with Gasteiger partial charge in [0, 0.05) is 13.1 Å². The first-order chi connectivity index (χ1) is 5.93. The standard InChI is InChI=1S/C7H11F3N2S/c1-11-6(13)12-5-2-4(3-5)7(8,9)10/h4-5H,2-3H2,1H3,(H2,11,12,13). The van der Waals surface area contributed by atoms with E-state index in [1.165, 1.54) is 0 Å². The Morgan fingerprint density at radius 1 is 1.38 bits per heavy atom. The zero-order valence-corrected chi connectivity index (χ0v) is 7.93. The largest absolute Gasteiger partial charge is 0.391 e. The Morgan fingerprint density at radius 3 is 2.31 bits per heavy atom. The lowest BCUT2D eigenvalue weighted by atomic mass is 9.80. The number of hydrogen-bond acceptors (Lipinski definition) is 1. The quantitative estimate of drug-likeness (QED) is 0.643. The summed E-state index contributed by atoms with van der Waals surface area (Å²) in [6.45, 7) is 0. The first-order valence-corrected chi connectivity index (χ1v) is 4.39. The van der Waals surface area contributed by atoms with Gasteiger partial charge in [0.1, 0.15) is 0 Å². The van der Waals surface area contributed by atoms with Gasteiger partial charge in [-0.25, -0.2) is 0 Å². The Hall–Kier alpha value is -0.520. The summed E-state index contributed by atoms with van der Waals surface area (Å²) in [7, 11) is 1.63. The molecule has 0 bridgehead atoms. The number of nitrogens with one attached hydrogen (secondary N) is 2. The molecule has 1 aliphatic rings. The maximum atomic E-state index is 12.0. The minimum absolute atomic E-state index is 0.119. The van der Waals surface area contributed by atoms with E-state index >= 15 is 0 Å². The van der Waals surface area contributed by atoms with E-state index in [1.807, 2.05) is 0 Å². The van der Waals surface area contributed by atoms with Crippen molar-refractivity contribution < 1.29 is 13.2 Å². The van der Waals surface area contributed by atoms with Crippen molar-refractivity contribution in [1.29, 1.82) is 0 Å². The average molecular weight is 212 g/mol. The number of halogens is 3. The van der Waals surface area contributed by atoms with Gasteiger partial charge in [-0.1, -0.05) is 0 Å². The molecular formula is C7H11F3N2S. The maximum Gasteiger partial charge on any atom is 0.391 e. The van der Waals surface area contributed by atoms with Crippen molar-refractivity contribution in [2.45, 2.75) is 25.1 Å². The van der Waals surface area contributed by atoms with Crippen LogP contribution in [0, 0.1) is 5.92 Å². The van der Waals surface area contributed by atoms with Gasteiger partial charge in [-0.3, -0.25) is 0 Å². The van der Waals surface area contributed by atoms with Crippen LogP contribution in [0.15, 0.2) is 0 Å². The first kappa shape index (κ1) is 10.6. The third kappa shape index (κ3) is 2.72. The zero-order chi connectivity index (χ0) is 10.1. The fourth-order valence-electron chi connectivity index (χ4n) is 1.26. The van der Waals surface area contributed by atoms with Crippen molar-refractivity contribution in [2.24, 2.45) is 5.92 Å². The van der Waals surface area contributed by atoms with Gasteiger partial charge in [0.2, 0.25) is 0 Å². The normalized spacial score (nSPS) is 27.7. The Bertz CT molecular complexity index is 198. The topological polar surface area (TPSA) is 24.1 Å². The summed E-state index contributed by atoms with van der Waals surface area (Å²) >= 11 is 4.76. The van der Waals surface area contributed by atoms with Crippen LogP contribution >= 0.6 is 12.2 Å². The van der Waals surface area contributed by atoms with Crippen molar-refractivity contribution in [3.8, 4) is 0 Å². The van der Waals surface area contributed by atoms with E-state index < -0.39 is 12.1 Å². The lowest BCUT2D eigenvalue weighted by Crippen LogP contribution is -2.50. The second-order valence-electron chi connectivity index (χ2n) is 3.13. The van der Waals surface area contributed by atoms with Crippen molar-refractivity contribution in [2.75, 3.05) is 7.05 Å². The fourth-order valence-corrected chi connectivity index (χ4v) is 1.43. The Morgan fingerprint density at radius 2 is 1.92 bits per heavy atom. The van der Waals surface area contributed by atoms with Gasteiger partial charge >= 0.3 is 6.18 Å². The summed E-state index contributed by atoms with van der Waals surface area (Å²) in [6.07, 6.45) is -3.78. The highest BCUT2D eigenvalue weighted by molar-refractivity contribution is 7.80. The van der Waals surface area contributed by atoms with Crippen LogP contribution in [-0.4, -0.2) is 24.4 Å². The maximum absolute atomic E-state index is 12.0. The van der Waals surface area contributed by atoms with Crippen molar-refractivity contribution in [3.05, 3.63) is 0 Å². The highest BCUT2D eigenvalue weighted by atomic mass is 32.1. The Labute approximate surface area is 79.9 Å². The molecule has 0 aromatic carbocycles. The van der Waals surface area contributed by atoms with Crippen LogP contribution in [-0.2, 0) is 0 Å². The molecule has 0 heterocycles. The van der Waals surface area contributed by atoms with Crippen LogP contribution in [0.4, 0.5) is 13.2 Å². The van der Waals surface area contributed by atoms with Crippen LogP contribution in [0.2, 0.25) is 0 Å². The molecule has 2 N–H and O–H groups in total. The highest BCUT2D eigenvalue weighted by Gasteiger charge is 2.47. The SMILES string of the molecule is CNC(=S)NC1CC(C(F)(F)F)C1. The molecule has 0 aliphatic heterocycles. The molecule has 1 rings (SSSR count). The summed E-state index contributed by atoms with van der Waals surface area (Å²) in [4.78, 5) is 0. The van der Waals surface area contributed by atoms with E-state index in [0.29, 0.717) is 5.11 Å². The average Bonchev–Trinajstić information content (AvgIpc) is 1.92. The molecule has 6 heteroatoms. The molecule has 0 atom stereocenters. The number of thiocarbonyl (C=S) groups is 1. The lowest BCUT2D eigenvalue weighted by molar-refractivity contribution is -0.198. The van der Waals surface area contributed by atoms with Crippen LogP contribution in [0.5, 0.6) is 0 Å². The minimum atomic E-state index is -4.04. The van der Waals surface area contributed by atoms with Crippen molar-refractivity contribution >= 4 is 17.3 Å². The summed E-state index contributed by atoms with van der Waals surface area (Å²) < 4.78 is 36.1. The Balaban J connectivity index is 2.22. The molecule has 76 valence electrons.